The van der Waals surface area contributed by atoms with Gasteiger partial charge >= 0.3 is 0 Å². The Morgan fingerprint density at radius 1 is 0.276 bits per heavy atom. The van der Waals surface area contributed by atoms with Crippen molar-refractivity contribution in [2.24, 2.45) is 0 Å². The van der Waals surface area contributed by atoms with E-state index in [0.717, 1.165) is 61.5 Å². The average Bonchev–Trinajstić information content (AvgIpc) is 1.58. The Morgan fingerprint density at radius 2 is 0.755 bits per heavy atom. The third kappa shape index (κ3) is 19.6. The molecule has 0 fully saturated rings. The first-order chi connectivity index (χ1) is 46.2. The summed E-state index contributed by atoms with van der Waals surface area (Å²) in [7, 11) is 0. The molecule has 0 aliphatic heterocycles. The molecule has 98 heavy (non-hydrogen) atoms. The van der Waals surface area contributed by atoms with Crippen LogP contribution in [0.15, 0.2) is 267 Å². The van der Waals surface area contributed by atoms with Gasteiger partial charge in [0.25, 0.3) is 0 Å². The highest BCUT2D eigenvalue weighted by Crippen LogP contribution is 2.31. The van der Waals surface area contributed by atoms with Crippen LogP contribution in [0.5, 0.6) is 0 Å². The van der Waals surface area contributed by atoms with Crippen LogP contribution in [0.25, 0.3) is 88.0 Å². The van der Waals surface area contributed by atoms with Crippen LogP contribution in [0.2, 0.25) is 0 Å². The normalized spacial score (nSPS) is 11.0. The highest BCUT2D eigenvalue weighted by Gasteiger charge is 2.12. The standard InChI is InChI=1S/6C11H12O.2C10H11NO.2CH4/c1-8(2)9-3-4-11-10(7-9)5-6-12-11;1-8(2)10-4-3-9-5-6-12-11(9)7-10;1-8(2)9-4-3-5-11-10(9)6-7-12-11;1-8(2)10-5-3-4-9-6-7-12-11(9)10;1-8(2)10-7-12-11-6-4-3-5-9(10)11;1-8(2)11-7-9-5-3-4-6-10(9)12-11;1-7(2)8-3-4-10-9(5-8)11-6-12-10;1-7(2)8-4-3-5-9-10(8)11-6-12-9;;/h6*3-8H,1-2H3;2*3-7H,1-2H3;2*1H4. The maximum Gasteiger partial charge on any atom is 0.181 e. The van der Waals surface area contributed by atoms with E-state index in [-0.39, 0.29) is 14.9 Å². The minimum atomic E-state index is 0. The Hall–Kier alpha value is -10.1. The molecular formula is C88H102N2O8. The van der Waals surface area contributed by atoms with E-state index in [1.165, 1.54) is 84.0 Å². The van der Waals surface area contributed by atoms with Crippen molar-refractivity contribution >= 4 is 88.0 Å². The minimum Gasteiger partial charge on any atom is -0.464 e. The third-order valence-electron chi connectivity index (χ3n) is 16.8. The number of para-hydroxylation sites is 4. The second-order valence-electron chi connectivity index (χ2n) is 26.5. The summed E-state index contributed by atoms with van der Waals surface area (Å²) < 4.78 is 42.7. The zero-order chi connectivity index (χ0) is 68.4. The van der Waals surface area contributed by atoms with Gasteiger partial charge in [-0.3, -0.25) is 0 Å². The smallest absolute Gasteiger partial charge is 0.181 e. The fourth-order valence-corrected chi connectivity index (χ4v) is 11.0. The molecule has 0 amide bonds. The molecule has 8 heterocycles. The van der Waals surface area contributed by atoms with E-state index < -0.39 is 0 Å². The number of hydrogen-bond donors (Lipinski definition) is 0. The highest BCUT2D eigenvalue weighted by atomic mass is 16.4. The first-order valence-electron chi connectivity index (χ1n) is 33.7. The number of nitrogens with zero attached hydrogens (tertiary/aromatic N) is 2. The Kier molecular flexibility index (Phi) is 27.5. The van der Waals surface area contributed by atoms with E-state index in [1.807, 2.05) is 103 Å². The summed E-state index contributed by atoms with van der Waals surface area (Å²) in [6.07, 6.45) is 11.8. The summed E-state index contributed by atoms with van der Waals surface area (Å²) in [4.78, 5) is 8.27. The fraction of sp³-hybridized carbons (Fsp3) is 0.295. The quantitative estimate of drug-likeness (QED) is 0.145. The van der Waals surface area contributed by atoms with Gasteiger partial charge < -0.3 is 35.3 Å². The lowest BCUT2D eigenvalue weighted by Crippen LogP contribution is -1.87. The van der Waals surface area contributed by atoms with Gasteiger partial charge in [0, 0.05) is 43.8 Å². The Bertz CT molecular complexity index is 4530. The molecule has 0 aliphatic rings. The molecule has 8 aromatic heterocycles. The van der Waals surface area contributed by atoms with Crippen molar-refractivity contribution in [3.05, 3.63) is 277 Å². The molecule has 0 unspecified atom stereocenters. The monoisotopic (exact) mass is 1310 g/mol. The molecule has 0 bridgehead atoms. The molecule has 16 aromatic rings. The molecule has 0 spiro atoms. The number of fused-ring (bicyclic) bond motifs is 8. The number of benzene rings is 8. The zero-order valence-corrected chi connectivity index (χ0v) is 58.7. The van der Waals surface area contributed by atoms with Crippen LogP contribution < -0.4 is 0 Å². The minimum absolute atomic E-state index is 0. The van der Waals surface area contributed by atoms with Crippen LogP contribution in [0.4, 0.5) is 0 Å². The molecule has 0 atom stereocenters. The molecule has 0 saturated carbocycles. The van der Waals surface area contributed by atoms with Gasteiger partial charge in [-0.2, -0.15) is 0 Å². The number of hydrogen-bond acceptors (Lipinski definition) is 10. The van der Waals surface area contributed by atoms with Gasteiger partial charge in [0.2, 0.25) is 0 Å². The van der Waals surface area contributed by atoms with Crippen molar-refractivity contribution in [2.45, 2.75) is 173 Å². The van der Waals surface area contributed by atoms with Crippen LogP contribution in [0, 0.1) is 0 Å². The lowest BCUT2D eigenvalue weighted by Gasteiger charge is -2.04. The molecule has 0 radical (unpaired) electrons. The first-order valence-corrected chi connectivity index (χ1v) is 33.7. The molecule has 16 rings (SSSR count). The number of furan rings is 6. The van der Waals surface area contributed by atoms with Gasteiger partial charge in [0.15, 0.2) is 24.0 Å². The van der Waals surface area contributed by atoms with E-state index in [1.54, 1.807) is 25.1 Å². The maximum absolute atomic E-state index is 5.63. The number of rotatable bonds is 8. The van der Waals surface area contributed by atoms with E-state index in [2.05, 4.69) is 212 Å². The lowest BCUT2D eigenvalue weighted by molar-refractivity contribution is 0.522. The summed E-state index contributed by atoms with van der Waals surface area (Å²) >= 11 is 0. The van der Waals surface area contributed by atoms with Gasteiger partial charge in [-0.15, -0.1) is 0 Å². The third-order valence-corrected chi connectivity index (χ3v) is 16.8. The van der Waals surface area contributed by atoms with Crippen molar-refractivity contribution in [1.82, 2.24) is 9.97 Å². The predicted molar refractivity (Wildman–Crippen MR) is 411 cm³/mol. The van der Waals surface area contributed by atoms with Crippen LogP contribution in [0.3, 0.4) is 0 Å². The van der Waals surface area contributed by atoms with Gasteiger partial charge in [0.1, 0.15) is 50.3 Å². The summed E-state index contributed by atoms with van der Waals surface area (Å²) in [6.45, 7) is 34.8. The van der Waals surface area contributed by atoms with E-state index in [4.69, 9.17) is 35.3 Å². The summed E-state index contributed by atoms with van der Waals surface area (Å²) in [5.41, 5.74) is 18.8. The first kappa shape index (κ1) is 75.3. The summed E-state index contributed by atoms with van der Waals surface area (Å²) in [5.74, 6) is 5.36. The highest BCUT2D eigenvalue weighted by molar-refractivity contribution is 5.84. The number of oxazole rings is 2. The fourth-order valence-electron chi connectivity index (χ4n) is 11.0. The molecule has 10 heteroatoms. The molecular weight excluding hydrogens is 1210 g/mol. The largest absolute Gasteiger partial charge is 0.464 e. The Morgan fingerprint density at radius 3 is 1.44 bits per heavy atom. The average molecular weight is 1320 g/mol. The number of aromatic nitrogens is 2. The van der Waals surface area contributed by atoms with Crippen LogP contribution in [0.1, 0.15) is 218 Å². The van der Waals surface area contributed by atoms with E-state index in [9.17, 15) is 0 Å². The molecule has 512 valence electrons. The molecule has 0 saturated heterocycles. The topological polar surface area (TPSA) is 131 Å². The van der Waals surface area contributed by atoms with Gasteiger partial charge in [-0.25, -0.2) is 9.97 Å². The van der Waals surface area contributed by atoms with E-state index >= 15 is 0 Å². The van der Waals surface area contributed by atoms with Crippen molar-refractivity contribution in [3.63, 3.8) is 0 Å². The second-order valence-corrected chi connectivity index (χ2v) is 26.5. The predicted octanol–water partition coefficient (Wildman–Crippen LogP) is 28.5. The van der Waals surface area contributed by atoms with Crippen molar-refractivity contribution in [2.75, 3.05) is 0 Å². The lowest BCUT2D eigenvalue weighted by atomic mass is 10.00. The van der Waals surface area contributed by atoms with Crippen LogP contribution >= 0.6 is 0 Å². The second kappa shape index (κ2) is 35.8. The molecule has 8 aromatic carbocycles. The molecule has 10 nitrogen and oxygen atoms in total. The SMILES string of the molecule is C.C.CC(C)c1cc2ccccc2o1.CC(C)c1ccc2ccoc2c1.CC(C)c1ccc2occc2c1.CC(C)c1ccc2ocnc2c1.CC(C)c1cccc2ccoc12.CC(C)c1cccc2occc12.CC(C)c1cccc2ocnc12.CC(C)c1coc2ccccc12. The molecule has 0 aliphatic carbocycles. The maximum atomic E-state index is 5.63. The van der Waals surface area contributed by atoms with Crippen LogP contribution in [-0.4, -0.2) is 9.97 Å². The zero-order valence-electron chi connectivity index (χ0n) is 58.7. The van der Waals surface area contributed by atoms with Crippen molar-refractivity contribution in [1.29, 1.82) is 0 Å². The van der Waals surface area contributed by atoms with Gasteiger partial charge in [-0.05, 0) is 160 Å². The van der Waals surface area contributed by atoms with Crippen molar-refractivity contribution < 1.29 is 35.3 Å². The molecule has 0 N–H and O–H groups in total. The van der Waals surface area contributed by atoms with Gasteiger partial charge in [0.05, 0.1) is 31.3 Å². The Balaban J connectivity index is 0.000000157. The van der Waals surface area contributed by atoms with E-state index in [0.29, 0.717) is 47.3 Å². The van der Waals surface area contributed by atoms with Crippen molar-refractivity contribution in [3.8, 4) is 0 Å². The summed E-state index contributed by atoms with van der Waals surface area (Å²) in [5, 5.41) is 7.25. The summed E-state index contributed by atoms with van der Waals surface area (Å²) in [6, 6.07) is 63.7. The van der Waals surface area contributed by atoms with Gasteiger partial charge in [-0.1, -0.05) is 229 Å². The Labute approximate surface area is 580 Å². The van der Waals surface area contributed by atoms with Crippen LogP contribution in [-0.2, 0) is 0 Å².